The van der Waals surface area contributed by atoms with Gasteiger partial charge >= 0.3 is 6.03 Å². The Bertz CT molecular complexity index is 626. The summed E-state index contributed by atoms with van der Waals surface area (Å²) in [5.41, 5.74) is 0. The molecule has 1 saturated heterocycles. The standard InChI is InChI=1S/C17H23N5OS/c1-14(11-15-3-2-10-24-15)12-20-17(23)22-8-6-21(7-9-22)16-13-18-4-5-19-16/h2-5,10,13-14H,6-9,11-12H2,1H3,(H,20,23)/t14-/m1/s1. The number of carbonyl (C=O) groups excluding carboxylic acids is 1. The molecule has 0 saturated carbocycles. The zero-order valence-corrected chi connectivity index (χ0v) is 14.7. The molecule has 2 aromatic heterocycles. The van der Waals surface area contributed by atoms with Crippen molar-refractivity contribution in [2.45, 2.75) is 13.3 Å². The minimum atomic E-state index is 0.0341. The Hall–Kier alpha value is -2.15. The number of urea groups is 1. The maximum Gasteiger partial charge on any atom is 0.317 e. The zero-order chi connectivity index (χ0) is 16.8. The number of amides is 2. The Morgan fingerprint density at radius 1 is 1.33 bits per heavy atom. The first-order valence-corrected chi connectivity index (χ1v) is 9.16. The fourth-order valence-electron chi connectivity index (χ4n) is 2.81. The van der Waals surface area contributed by atoms with Crippen LogP contribution >= 0.6 is 11.3 Å². The van der Waals surface area contributed by atoms with Crippen LogP contribution in [0, 0.1) is 5.92 Å². The summed E-state index contributed by atoms with van der Waals surface area (Å²) in [5.74, 6) is 1.32. The third-order valence-corrected chi connectivity index (χ3v) is 5.07. The zero-order valence-electron chi connectivity index (χ0n) is 13.9. The van der Waals surface area contributed by atoms with Crippen molar-refractivity contribution in [3.63, 3.8) is 0 Å². The number of hydrogen-bond donors (Lipinski definition) is 1. The van der Waals surface area contributed by atoms with Crippen LogP contribution in [0.2, 0.25) is 0 Å². The number of nitrogens with zero attached hydrogens (tertiary/aromatic N) is 4. The Balaban J connectivity index is 1.40. The van der Waals surface area contributed by atoms with Crippen LogP contribution in [0.3, 0.4) is 0 Å². The van der Waals surface area contributed by atoms with Crippen LogP contribution in [0.15, 0.2) is 36.1 Å². The molecule has 24 heavy (non-hydrogen) atoms. The molecule has 0 aromatic carbocycles. The van der Waals surface area contributed by atoms with Gasteiger partial charge in [-0.1, -0.05) is 13.0 Å². The van der Waals surface area contributed by atoms with E-state index in [-0.39, 0.29) is 6.03 Å². The lowest BCUT2D eigenvalue weighted by molar-refractivity contribution is 0.192. The van der Waals surface area contributed by atoms with Gasteiger partial charge in [0.05, 0.1) is 6.20 Å². The monoisotopic (exact) mass is 345 g/mol. The molecule has 128 valence electrons. The molecule has 0 unspecified atom stereocenters. The molecule has 1 aliphatic heterocycles. The van der Waals surface area contributed by atoms with E-state index in [1.807, 2.05) is 4.90 Å². The summed E-state index contributed by atoms with van der Waals surface area (Å²) in [6.07, 6.45) is 6.15. The molecule has 1 N–H and O–H groups in total. The molecule has 1 atom stereocenters. The van der Waals surface area contributed by atoms with Crippen molar-refractivity contribution in [3.05, 3.63) is 41.0 Å². The predicted octanol–water partition coefficient (Wildman–Crippen LogP) is 2.25. The van der Waals surface area contributed by atoms with Gasteiger partial charge in [0.25, 0.3) is 0 Å². The Morgan fingerprint density at radius 3 is 2.83 bits per heavy atom. The highest BCUT2D eigenvalue weighted by atomic mass is 32.1. The fourth-order valence-corrected chi connectivity index (χ4v) is 3.68. The number of anilines is 1. The summed E-state index contributed by atoms with van der Waals surface area (Å²) in [6, 6.07) is 4.25. The first kappa shape index (κ1) is 16.7. The highest BCUT2D eigenvalue weighted by Gasteiger charge is 2.22. The molecule has 1 aliphatic rings. The lowest BCUT2D eigenvalue weighted by Crippen LogP contribution is -2.52. The molecular weight excluding hydrogens is 322 g/mol. The van der Waals surface area contributed by atoms with E-state index in [1.54, 1.807) is 29.9 Å². The van der Waals surface area contributed by atoms with Gasteiger partial charge in [-0.15, -0.1) is 11.3 Å². The third kappa shape index (κ3) is 4.44. The molecule has 7 heteroatoms. The lowest BCUT2D eigenvalue weighted by Gasteiger charge is -2.35. The average Bonchev–Trinajstić information content (AvgIpc) is 3.13. The normalized spacial score (nSPS) is 16.0. The van der Waals surface area contributed by atoms with Crippen molar-refractivity contribution in [1.29, 1.82) is 0 Å². The molecule has 2 aromatic rings. The predicted molar refractivity (Wildman–Crippen MR) is 96.4 cm³/mol. The van der Waals surface area contributed by atoms with Crippen molar-refractivity contribution >= 4 is 23.2 Å². The van der Waals surface area contributed by atoms with E-state index in [2.05, 4.69) is 44.6 Å². The van der Waals surface area contributed by atoms with Gasteiger partial charge in [0.1, 0.15) is 5.82 Å². The average molecular weight is 345 g/mol. The summed E-state index contributed by atoms with van der Waals surface area (Å²) in [6.45, 7) is 5.88. The molecule has 0 aliphatic carbocycles. The molecule has 0 bridgehead atoms. The van der Waals surface area contributed by atoms with E-state index in [0.29, 0.717) is 25.6 Å². The molecule has 0 spiro atoms. The van der Waals surface area contributed by atoms with Crippen LogP contribution in [0.4, 0.5) is 10.6 Å². The van der Waals surface area contributed by atoms with Crippen molar-refractivity contribution in [1.82, 2.24) is 20.2 Å². The SMILES string of the molecule is C[C@@H](CNC(=O)N1CCN(c2cnccn2)CC1)Cc1cccs1. The van der Waals surface area contributed by atoms with E-state index in [4.69, 9.17) is 0 Å². The lowest BCUT2D eigenvalue weighted by atomic mass is 10.1. The van der Waals surface area contributed by atoms with Gasteiger partial charge in [-0.25, -0.2) is 9.78 Å². The molecule has 2 amide bonds. The van der Waals surface area contributed by atoms with Gasteiger partial charge in [-0.3, -0.25) is 4.98 Å². The Morgan fingerprint density at radius 2 is 2.17 bits per heavy atom. The van der Waals surface area contributed by atoms with E-state index in [0.717, 1.165) is 25.3 Å². The van der Waals surface area contributed by atoms with Crippen molar-refractivity contribution < 1.29 is 4.79 Å². The number of thiophene rings is 1. The van der Waals surface area contributed by atoms with E-state index in [9.17, 15) is 4.79 Å². The van der Waals surface area contributed by atoms with Crippen LogP contribution in [0.1, 0.15) is 11.8 Å². The van der Waals surface area contributed by atoms with Gasteiger partial charge in [-0.05, 0) is 23.8 Å². The van der Waals surface area contributed by atoms with Gasteiger partial charge in [0.2, 0.25) is 0 Å². The van der Waals surface area contributed by atoms with Gasteiger partial charge in [0.15, 0.2) is 0 Å². The number of piperazine rings is 1. The van der Waals surface area contributed by atoms with E-state index < -0.39 is 0 Å². The number of nitrogens with one attached hydrogen (secondary N) is 1. The molecule has 6 nitrogen and oxygen atoms in total. The maximum absolute atomic E-state index is 12.3. The van der Waals surface area contributed by atoms with E-state index in [1.165, 1.54) is 4.88 Å². The van der Waals surface area contributed by atoms with Gasteiger partial charge < -0.3 is 15.1 Å². The largest absolute Gasteiger partial charge is 0.352 e. The van der Waals surface area contributed by atoms with Crippen molar-refractivity contribution in [2.75, 3.05) is 37.6 Å². The molecule has 3 heterocycles. The number of aromatic nitrogens is 2. The fraction of sp³-hybridized carbons (Fsp3) is 0.471. The highest BCUT2D eigenvalue weighted by Crippen LogP contribution is 2.14. The summed E-state index contributed by atoms with van der Waals surface area (Å²) >= 11 is 1.77. The molecule has 3 rings (SSSR count). The minimum Gasteiger partial charge on any atom is -0.352 e. The smallest absolute Gasteiger partial charge is 0.317 e. The molecule has 1 fully saturated rings. The summed E-state index contributed by atoms with van der Waals surface area (Å²) in [4.78, 5) is 26.1. The second kappa shape index (κ2) is 8.10. The second-order valence-electron chi connectivity index (χ2n) is 6.11. The minimum absolute atomic E-state index is 0.0341. The van der Waals surface area contributed by atoms with Gasteiger partial charge in [-0.2, -0.15) is 0 Å². The number of rotatable bonds is 5. The summed E-state index contributed by atoms with van der Waals surface area (Å²) in [5, 5.41) is 5.16. The van der Waals surface area contributed by atoms with Crippen LogP contribution in [0.5, 0.6) is 0 Å². The van der Waals surface area contributed by atoms with Crippen molar-refractivity contribution in [3.8, 4) is 0 Å². The highest BCUT2D eigenvalue weighted by molar-refractivity contribution is 7.09. The third-order valence-electron chi connectivity index (χ3n) is 4.17. The quantitative estimate of drug-likeness (QED) is 0.903. The van der Waals surface area contributed by atoms with Crippen LogP contribution < -0.4 is 10.2 Å². The van der Waals surface area contributed by atoms with Crippen molar-refractivity contribution in [2.24, 2.45) is 5.92 Å². The second-order valence-corrected chi connectivity index (χ2v) is 7.14. The first-order chi connectivity index (χ1) is 11.7. The summed E-state index contributed by atoms with van der Waals surface area (Å²) in [7, 11) is 0. The van der Waals surface area contributed by atoms with Gasteiger partial charge in [0, 0.05) is 50.0 Å². The van der Waals surface area contributed by atoms with Crippen LogP contribution in [-0.2, 0) is 6.42 Å². The first-order valence-electron chi connectivity index (χ1n) is 8.28. The molecular formula is C17H23N5OS. The number of hydrogen-bond acceptors (Lipinski definition) is 5. The summed E-state index contributed by atoms with van der Waals surface area (Å²) < 4.78 is 0. The van der Waals surface area contributed by atoms with Crippen LogP contribution in [-0.4, -0.2) is 53.6 Å². The Labute approximate surface area is 146 Å². The topological polar surface area (TPSA) is 61.4 Å². The maximum atomic E-state index is 12.3. The van der Waals surface area contributed by atoms with Crippen LogP contribution in [0.25, 0.3) is 0 Å². The number of carbonyl (C=O) groups is 1. The Kier molecular flexibility index (Phi) is 5.63. The van der Waals surface area contributed by atoms with E-state index >= 15 is 0 Å². The molecule has 0 radical (unpaired) electrons.